The van der Waals surface area contributed by atoms with Gasteiger partial charge in [0.05, 0.1) is 5.60 Å². The molecule has 1 fully saturated rings. The van der Waals surface area contributed by atoms with E-state index < -0.39 is 0 Å². The van der Waals surface area contributed by atoms with E-state index in [1.807, 2.05) is 0 Å². The Morgan fingerprint density at radius 2 is 1.69 bits per heavy atom. The van der Waals surface area contributed by atoms with Gasteiger partial charge in [-0.15, -0.1) is 0 Å². The fraction of sp³-hybridized carbons (Fsp3) is 1.00. The van der Waals surface area contributed by atoms with Crippen LogP contribution in [-0.2, 0) is 0 Å². The summed E-state index contributed by atoms with van der Waals surface area (Å²) in [5.74, 6) is 0.711. The number of hydrogen-bond acceptors (Lipinski definition) is 2. The summed E-state index contributed by atoms with van der Waals surface area (Å²) < 4.78 is 0. The van der Waals surface area contributed by atoms with E-state index in [0.29, 0.717) is 5.92 Å². The summed E-state index contributed by atoms with van der Waals surface area (Å²) in [6.45, 7) is 10.1. The maximum Gasteiger partial charge on any atom is 0.0674 e. The molecule has 0 aromatic rings. The molecule has 0 aromatic heterocycles. The summed E-state index contributed by atoms with van der Waals surface area (Å²) in [6.07, 6.45) is 6.60. The molecule has 1 heterocycles. The molecule has 1 aliphatic heterocycles. The lowest BCUT2D eigenvalue weighted by atomic mass is 9.81. The SMILES string of the molecule is CCCN1CCC(O)(CC(CC)CC)CC1. The van der Waals surface area contributed by atoms with Crippen LogP contribution < -0.4 is 0 Å². The molecule has 0 aliphatic carbocycles. The van der Waals surface area contributed by atoms with Crippen molar-refractivity contribution in [2.45, 2.75) is 64.9 Å². The van der Waals surface area contributed by atoms with E-state index in [1.54, 1.807) is 0 Å². The molecule has 1 saturated heterocycles. The van der Waals surface area contributed by atoms with Crippen molar-refractivity contribution in [3.05, 3.63) is 0 Å². The highest BCUT2D eigenvalue weighted by Crippen LogP contribution is 2.31. The summed E-state index contributed by atoms with van der Waals surface area (Å²) in [6, 6.07) is 0. The molecule has 0 radical (unpaired) electrons. The van der Waals surface area contributed by atoms with E-state index in [9.17, 15) is 5.11 Å². The van der Waals surface area contributed by atoms with Gasteiger partial charge in [0.15, 0.2) is 0 Å². The number of nitrogens with zero attached hydrogens (tertiary/aromatic N) is 1. The van der Waals surface area contributed by atoms with E-state index in [0.717, 1.165) is 32.4 Å². The van der Waals surface area contributed by atoms with E-state index in [2.05, 4.69) is 25.7 Å². The molecule has 1 aliphatic rings. The lowest BCUT2D eigenvalue weighted by Crippen LogP contribution is -2.45. The largest absolute Gasteiger partial charge is 0.390 e. The van der Waals surface area contributed by atoms with Gasteiger partial charge in [0.25, 0.3) is 0 Å². The Labute approximate surface area is 101 Å². The van der Waals surface area contributed by atoms with Crippen LogP contribution in [0.25, 0.3) is 0 Å². The molecule has 0 aromatic carbocycles. The highest BCUT2D eigenvalue weighted by molar-refractivity contribution is 4.87. The van der Waals surface area contributed by atoms with Crippen LogP contribution in [0.2, 0.25) is 0 Å². The molecule has 0 spiro atoms. The van der Waals surface area contributed by atoms with Crippen LogP contribution >= 0.6 is 0 Å². The first-order valence-corrected chi connectivity index (χ1v) is 7.08. The van der Waals surface area contributed by atoms with Gasteiger partial charge in [-0.05, 0) is 38.1 Å². The van der Waals surface area contributed by atoms with Gasteiger partial charge in [0.2, 0.25) is 0 Å². The minimum Gasteiger partial charge on any atom is -0.390 e. The second kappa shape index (κ2) is 6.61. The smallest absolute Gasteiger partial charge is 0.0674 e. The highest BCUT2D eigenvalue weighted by atomic mass is 16.3. The molecule has 0 amide bonds. The molecule has 1 rings (SSSR count). The first-order chi connectivity index (χ1) is 7.63. The lowest BCUT2D eigenvalue weighted by molar-refractivity contribution is -0.0396. The van der Waals surface area contributed by atoms with E-state index >= 15 is 0 Å². The van der Waals surface area contributed by atoms with Gasteiger partial charge in [-0.25, -0.2) is 0 Å². The van der Waals surface area contributed by atoms with Gasteiger partial charge in [0.1, 0.15) is 0 Å². The topological polar surface area (TPSA) is 23.5 Å². The Morgan fingerprint density at radius 3 is 2.12 bits per heavy atom. The van der Waals surface area contributed by atoms with Crippen LogP contribution in [0.15, 0.2) is 0 Å². The second-order valence-corrected chi connectivity index (χ2v) is 5.45. The van der Waals surface area contributed by atoms with Gasteiger partial charge in [-0.1, -0.05) is 33.6 Å². The van der Waals surface area contributed by atoms with Gasteiger partial charge in [-0.2, -0.15) is 0 Å². The molecular weight excluding hydrogens is 198 g/mol. The maximum absolute atomic E-state index is 10.6. The minimum atomic E-state index is -0.360. The van der Waals surface area contributed by atoms with Crippen molar-refractivity contribution >= 4 is 0 Å². The standard InChI is InChI=1S/C14H29NO/c1-4-9-15-10-7-14(16,8-11-15)12-13(5-2)6-3/h13,16H,4-12H2,1-3H3. The Kier molecular flexibility index (Phi) is 5.77. The third-order valence-corrected chi connectivity index (χ3v) is 4.15. The monoisotopic (exact) mass is 227 g/mol. The molecule has 0 saturated carbocycles. The molecule has 0 atom stereocenters. The predicted molar refractivity (Wildman–Crippen MR) is 69.6 cm³/mol. The van der Waals surface area contributed by atoms with E-state index in [1.165, 1.54) is 25.8 Å². The van der Waals surface area contributed by atoms with Gasteiger partial charge in [-0.3, -0.25) is 0 Å². The third-order valence-electron chi connectivity index (χ3n) is 4.15. The average Bonchev–Trinajstić information content (AvgIpc) is 2.30. The zero-order valence-corrected chi connectivity index (χ0v) is 11.3. The molecule has 1 N–H and O–H groups in total. The first-order valence-electron chi connectivity index (χ1n) is 7.08. The van der Waals surface area contributed by atoms with Crippen LogP contribution in [0.5, 0.6) is 0 Å². The van der Waals surface area contributed by atoms with Crippen molar-refractivity contribution in [1.82, 2.24) is 4.90 Å². The number of rotatable bonds is 6. The van der Waals surface area contributed by atoms with E-state index in [-0.39, 0.29) is 5.60 Å². The molecule has 96 valence electrons. The second-order valence-electron chi connectivity index (χ2n) is 5.45. The minimum absolute atomic E-state index is 0.360. The Morgan fingerprint density at radius 1 is 1.12 bits per heavy atom. The Balaban J connectivity index is 2.37. The summed E-state index contributed by atoms with van der Waals surface area (Å²) >= 11 is 0. The molecule has 16 heavy (non-hydrogen) atoms. The van der Waals surface area contributed by atoms with Crippen molar-refractivity contribution in [1.29, 1.82) is 0 Å². The van der Waals surface area contributed by atoms with Gasteiger partial charge < -0.3 is 10.0 Å². The van der Waals surface area contributed by atoms with Crippen molar-refractivity contribution in [3.63, 3.8) is 0 Å². The summed E-state index contributed by atoms with van der Waals surface area (Å²) in [5, 5.41) is 10.6. The summed E-state index contributed by atoms with van der Waals surface area (Å²) in [7, 11) is 0. The van der Waals surface area contributed by atoms with Crippen molar-refractivity contribution < 1.29 is 5.11 Å². The molecule has 2 heteroatoms. The zero-order valence-electron chi connectivity index (χ0n) is 11.3. The number of hydrogen-bond donors (Lipinski definition) is 1. The van der Waals surface area contributed by atoms with Crippen molar-refractivity contribution in [2.75, 3.05) is 19.6 Å². The van der Waals surface area contributed by atoms with Crippen LogP contribution in [-0.4, -0.2) is 35.2 Å². The number of piperidine rings is 1. The fourth-order valence-electron chi connectivity index (χ4n) is 2.83. The number of likely N-dealkylation sites (tertiary alicyclic amines) is 1. The van der Waals surface area contributed by atoms with Crippen molar-refractivity contribution in [2.24, 2.45) is 5.92 Å². The predicted octanol–water partition coefficient (Wildman–Crippen LogP) is 3.05. The fourth-order valence-corrected chi connectivity index (χ4v) is 2.83. The third kappa shape index (κ3) is 4.06. The highest BCUT2D eigenvalue weighted by Gasteiger charge is 2.33. The van der Waals surface area contributed by atoms with Crippen LogP contribution in [0.4, 0.5) is 0 Å². The van der Waals surface area contributed by atoms with E-state index in [4.69, 9.17) is 0 Å². The summed E-state index contributed by atoms with van der Waals surface area (Å²) in [5.41, 5.74) is -0.360. The first kappa shape index (κ1) is 14.0. The molecule has 0 bridgehead atoms. The van der Waals surface area contributed by atoms with Gasteiger partial charge >= 0.3 is 0 Å². The molecule has 2 nitrogen and oxygen atoms in total. The maximum atomic E-state index is 10.6. The number of aliphatic hydroxyl groups is 1. The zero-order chi connectivity index (χ0) is 12.0. The van der Waals surface area contributed by atoms with Gasteiger partial charge in [0, 0.05) is 13.1 Å². The Bertz CT molecular complexity index is 181. The van der Waals surface area contributed by atoms with Crippen LogP contribution in [0, 0.1) is 5.92 Å². The van der Waals surface area contributed by atoms with Crippen LogP contribution in [0.3, 0.4) is 0 Å². The molecular formula is C14H29NO. The quantitative estimate of drug-likeness (QED) is 0.754. The average molecular weight is 227 g/mol. The molecule has 0 unspecified atom stereocenters. The Hall–Kier alpha value is -0.0800. The van der Waals surface area contributed by atoms with Crippen LogP contribution in [0.1, 0.15) is 59.3 Å². The summed E-state index contributed by atoms with van der Waals surface area (Å²) in [4.78, 5) is 2.49. The lowest BCUT2D eigenvalue weighted by Gasteiger charge is -2.39. The normalized spacial score (nSPS) is 21.6. The van der Waals surface area contributed by atoms with Crippen molar-refractivity contribution in [3.8, 4) is 0 Å².